The molecule has 1 aliphatic rings. The van der Waals surface area contributed by atoms with Crippen LogP contribution in [0.2, 0.25) is 0 Å². The summed E-state index contributed by atoms with van der Waals surface area (Å²) >= 11 is 0. The summed E-state index contributed by atoms with van der Waals surface area (Å²) in [7, 11) is 0. The van der Waals surface area contributed by atoms with Crippen LogP contribution in [0, 0.1) is 6.92 Å². The molecule has 1 fully saturated rings. The van der Waals surface area contributed by atoms with Crippen molar-refractivity contribution in [3.8, 4) is 0 Å². The summed E-state index contributed by atoms with van der Waals surface area (Å²) in [6.45, 7) is 5.47. The van der Waals surface area contributed by atoms with Gasteiger partial charge in [-0.3, -0.25) is 4.79 Å². The second kappa shape index (κ2) is 8.54. The van der Waals surface area contributed by atoms with E-state index in [9.17, 15) is 4.79 Å². The fourth-order valence-electron chi connectivity index (χ4n) is 3.85. The Balaban J connectivity index is 1.32. The number of carbonyl (C=O) groups excluding carboxylic acids is 1. The van der Waals surface area contributed by atoms with Crippen molar-refractivity contribution in [2.45, 2.75) is 6.92 Å². The number of hydrogen-bond acceptors (Lipinski definition) is 7. The molecule has 0 spiro atoms. The van der Waals surface area contributed by atoms with Crippen LogP contribution in [-0.4, -0.2) is 52.0 Å². The summed E-state index contributed by atoms with van der Waals surface area (Å²) in [6, 6.07) is 9.70. The van der Waals surface area contributed by atoms with E-state index in [1.807, 2.05) is 24.3 Å². The molecular formula is C23H23N8O+. The first kappa shape index (κ1) is 19.8. The Labute approximate surface area is 185 Å². The minimum atomic E-state index is -0.260. The van der Waals surface area contributed by atoms with E-state index in [1.54, 1.807) is 31.0 Å². The Morgan fingerprint density at radius 2 is 1.78 bits per heavy atom. The van der Waals surface area contributed by atoms with Crippen molar-refractivity contribution in [3.05, 3.63) is 72.6 Å². The van der Waals surface area contributed by atoms with Gasteiger partial charge in [0.1, 0.15) is 5.82 Å². The Bertz CT molecular complexity index is 1240. The molecule has 1 aromatic carbocycles. The lowest BCUT2D eigenvalue weighted by atomic mass is 10.1. The lowest BCUT2D eigenvalue weighted by Gasteiger charge is -2.35. The average Bonchev–Trinajstić information content (AvgIpc) is 2.85. The molecular weight excluding hydrogens is 404 g/mol. The highest BCUT2D eigenvalue weighted by Crippen LogP contribution is 2.26. The maximum atomic E-state index is 12.4. The molecule has 0 atom stereocenters. The van der Waals surface area contributed by atoms with E-state index in [1.165, 1.54) is 0 Å². The summed E-state index contributed by atoms with van der Waals surface area (Å²) in [5, 5.41) is 3.91. The molecule has 0 radical (unpaired) electrons. The van der Waals surface area contributed by atoms with Crippen molar-refractivity contribution in [1.29, 1.82) is 0 Å². The van der Waals surface area contributed by atoms with E-state index in [2.05, 4.69) is 48.0 Å². The lowest BCUT2D eigenvalue weighted by Crippen LogP contribution is -2.47. The topological polar surface area (TPSA) is 101 Å². The minimum Gasteiger partial charge on any atom is -0.353 e. The van der Waals surface area contributed by atoms with Gasteiger partial charge in [-0.05, 0) is 42.8 Å². The number of carbonyl (C=O) groups is 1. The number of nitrogens with zero attached hydrogens (tertiary/aromatic N) is 6. The van der Waals surface area contributed by atoms with Crippen LogP contribution >= 0.6 is 0 Å². The Morgan fingerprint density at radius 1 is 1.00 bits per heavy atom. The third-order valence-corrected chi connectivity index (χ3v) is 5.54. The molecule has 160 valence electrons. The van der Waals surface area contributed by atoms with Crippen molar-refractivity contribution in [3.63, 3.8) is 0 Å². The van der Waals surface area contributed by atoms with Crippen LogP contribution in [0.25, 0.3) is 10.9 Å². The predicted octanol–water partition coefficient (Wildman–Crippen LogP) is 2.12. The summed E-state index contributed by atoms with van der Waals surface area (Å²) < 4.78 is 0. The smallest absolute Gasteiger partial charge is 0.280 e. The van der Waals surface area contributed by atoms with Gasteiger partial charge in [0.25, 0.3) is 5.91 Å². The Morgan fingerprint density at radius 3 is 2.53 bits per heavy atom. The largest absolute Gasteiger partial charge is 0.353 e. The van der Waals surface area contributed by atoms with Gasteiger partial charge >= 0.3 is 0 Å². The molecule has 2 N–H and O–H groups in total. The van der Waals surface area contributed by atoms with Crippen LogP contribution in [0.15, 0.2) is 61.3 Å². The van der Waals surface area contributed by atoms with Gasteiger partial charge < -0.3 is 15.1 Å². The second-order valence-corrected chi connectivity index (χ2v) is 7.65. The maximum Gasteiger partial charge on any atom is 0.280 e. The molecule has 0 bridgehead atoms. The van der Waals surface area contributed by atoms with Crippen LogP contribution in [-0.2, 0) is 0 Å². The molecule has 0 unspecified atom stereocenters. The Hall–Kier alpha value is -4.14. The number of rotatable bonds is 4. The van der Waals surface area contributed by atoms with Gasteiger partial charge in [-0.15, -0.1) is 0 Å². The zero-order valence-electron chi connectivity index (χ0n) is 17.7. The number of aromatic amines is 1. The molecule has 32 heavy (non-hydrogen) atoms. The summed E-state index contributed by atoms with van der Waals surface area (Å²) in [5.41, 5.74) is 3.05. The number of piperazine rings is 1. The van der Waals surface area contributed by atoms with Gasteiger partial charge in [0, 0.05) is 49.6 Å². The highest BCUT2D eigenvalue weighted by molar-refractivity contribution is 6.03. The number of aryl methyl sites for hydroxylation is 1. The van der Waals surface area contributed by atoms with Crippen LogP contribution in [0.3, 0.4) is 0 Å². The first-order valence-corrected chi connectivity index (χ1v) is 10.5. The van der Waals surface area contributed by atoms with Crippen LogP contribution in [0.5, 0.6) is 0 Å². The van der Waals surface area contributed by atoms with E-state index in [4.69, 9.17) is 4.98 Å². The molecule has 1 saturated heterocycles. The van der Waals surface area contributed by atoms with Gasteiger partial charge in [0.05, 0.1) is 11.7 Å². The fraction of sp³-hybridized carbons (Fsp3) is 0.217. The van der Waals surface area contributed by atoms with Gasteiger partial charge in [0.15, 0.2) is 18.1 Å². The number of fused-ring (bicyclic) bond motifs is 1. The molecule has 0 saturated carbocycles. The monoisotopic (exact) mass is 427 g/mol. The van der Waals surface area contributed by atoms with Crippen molar-refractivity contribution in [1.82, 2.24) is 19.9 Å². The molecule has 1 amide bonds. The fourth-order valence-corrected chi connectivity index (χ4v) is 3.85. The van der Waals surface area contributed by atoms with E-state index in [-0.39, 0.29) is 5.91 Å². The highest BCUT2D eigenvalue weighted by atomic mass is 16.1. The number of H-pyrrole nitrogens is 1. The maximum absolute atomic E-state index is 12.4. The first-order valence-electron chi connectivity index (χ1n) is 10.5. The SMILES string of the molecule is Cc1cc(N2CCN(c3ncccn3)CC2)nc2ccc(NC(=O)c3c[nH+]ccn3)cc12. The number of aromatic nitrogens is 5. The predicted molar refractivity (Wildman–Crippen MR) is 122 cm³/mol. The second-order valence-electron chi connectivity index (χ2n) is 7.65. The van der Waals surface area contributed by atoms with E-state index >= 15 is 0 Å². The van der Waals surface area contributed by atoms with Crippen molar-refractivity contribution in [2.75, 3.05) is 41.3 Å². The van der Waals surface area contributed by atoms with Gasteiger partial charge in [-0.25, -0.2) is 24.9 Å². The summed E-state index contributed by atoms with van der Waals surface area (Å²) in [5.74, 6) is 1.47. The number of anilines is 3. The molecule has 5 rings (SSSR count). The number of pyridine rings is 1. The molecule has 3 aromatic heterocycles. The van der Waals surface area contributed by atoms with Crippen molar-refractivity contribution >= 4 is 34.3 Å². The number of benzene rings is 1. The number of amides is 1. The summed E-state index contributed by atoms with van der Waals surface area (Å²) in [6.07, 6.45) is 8.33. The van der Waals surface area contributed by atoms with Crippen molar-refractivity contribution < 1.29 is 9.78 Å². The van der Waals surface area contributed by atoms with Crippen LogP contribution in [0.4, 0.5) is 17.5 Å². The van der Waals surface area contributed by atoms with Crippen molar-refractivity contribution in [2.24, 2.45) is 0 Å². The molecule has 0 aliphatic carbocycles. The third kappa shape index (κ3) is 4.04. The van der Waals surface area contributed by atoms with Gasteiger partial charge in [-0.2, -0.15) is 0 Å². The standard InChI is InChI=1S/C23H22N8O/c1-16-13-21(30-9-11-31(12-10-30)23-26-5-2-6-27-23)29-19-4-3-17(14-18(16)19)28-22(32)20-15-24-7-8-25-20/h2-8,13-15H,9-12H2,1H3,(H,28,32)/p+1. The van der Waals surface area contributed by atoms with E-state index in [0.717, 1.165) is 54.4 Å². The Kier molecular flexibility index (Phi) is 5.29. The average molecular weight is 427 g/mol. The third-order valence-electron chi connectivity index (χ3n) is 5.54. The molecule has 4 aromatic rings. The minimum absolute atomic E-state index is 0.260. The van der Waals surface area contributed by atoms with Gasteiger partial charge in [0.2, 0.25) is 5.95 Å². The highest BCUT2D eigenvalue weighted by Gasteiger charge is 2.20. The first-order chi connectivity index (χ1) is 15.7. The molecule has 9 nitrogen and oxygen atoms in total. The van der Waals surface area contributed by atoms with Crippen LogP contribution in [0.1, 0.15) is 16.1 Å². The molecule has 1 aliphatic heterocycles. The van der Waals surface area contributed by atoms with Gasteiger partial charge in [-0.1, -0.05) is 0 Å². The number of hydrogen-bond donors (Lipinski definition) is 1. The normalized spacial score (nSPS) is 13.9. The molecule has 9 heteroatoms. The zero-order valence-corrected chi connectivity index (χ0v) is 17.7. The number of nitrogens with one attached hydrogen (secondary N) is 2. The van der Waals surface area contributed by atoms with Crippen LogP contribution < -0.4 is 20.1 Å². The lowest BCUT2D eigenvalue weighted by molar-refractivity contribution is -0.379. The van der Waals surface area contributed by atoms with E-state index < -0.39 is 0 Å². The zero-order chi connectivity index (χ0) is 21.9. The molecule has 4 heterocycles. The van der Waals surface area contributed by atoms with E-state index in [0.29, 0.717) is 11.4 Å². The quantitative estimate of drug-likeness (QED) is 0.532. The summed E-state index contributed by atoms with van der Waals surface area (Å²) in [4.78, 5) is 37.4.